The van der Waals surface area contributed by atoms with Crippen LogP contribution in [0.3, 0.4) is 0 Å². The smallest absolute Gasteiger partial charge is 0.0701 e. The molecule has 0 aromatic heterocycles. The summed E-state index contributed by atoms with van der Waals surface area (Å²) in [4.78, 5) is 2.39. The van der Waals surface area contributed by atoms with E-state index in [0.717, 1.165) is 52.4 Å². The third kappa shape index (κ3) is 13.9. The zero-order valence-corrected chi connectivity index (χ0v) is 18.6. The van der Waals surface area contributed by atoms with Crippen LogP contribution in [0.4, 0.5) is 0 Å². The molecule has 1 rings (SSSR count). The predicted molar refractivity (Wildman–Crippen MR) is 115 cm³/mol. The first-order chi connectivity index (χ1) is 13.7. The zero-order chi connectivity index (χ0) is 20.3. The minimum absolute atomic E-state index is 0.0572. The van der Waals surface area contributed by atoms with Crippen LogP contribution in [-0.2, 0) is 14.2 Å². The predicted octanol–water partition coefficient (Wildman–Crippen LogP) is 2.69. The zero-order valence-electron chi connectivity index (χ0n) is 18.6. The Morgan fingerprint density at radius 3 is 2.04 bits per heavy atom. The van der Waals surface area contributed by atoms with Crippen molar-refractivity contribution < 1.29 is 19.3 Å². The Labute approximate surface area is 173 Å². The van der Waals surface area contributed by atoms with Crippen molar-refractivity contribution in [2.24, 2.45) is 5.41 Å². The van der Waals surface area contributed by atoms with E-state index < -0.39 is 0 Å². The second-order valence-corrected chi connectivity index (χ2v) is 8.35. The van der Waals surface area contributed by atoms with Crippen LogP contribution < -0.4 is 5.32 Å². The number of unbranched alkanes of at least 4 members (excludes halogenated alkanes) is 5. The van der Waals surface area contributed by atoms with Gasteiger partial charge in [0, 0.05) is 44.7 Å². The molecule has 1 aliphatic heterocycles. The fourth-order valence-corrected chi connectivity index (χ4v) is 3.57. The maximum Gasteiger partial charge on any atom is 0.0701 e. The molecule has 1 unspecified atom stereocenters. The molecule has 0 aromatic carbocycles. The SMILES string of the molecule is CCCCCCCCC(C)(CO)CN1CCOCCNCCOCCOCC1. The van der Waals surface area contributed by atoms with Crippen molar-refractivity contribution in [2.75, 3.05) is 79.0 Å². The number of rotatable bonds is 10. The lowest BCUT2D eigenvalue weighted by atomic mass is 9.84. The van der Waals surface area contributed by atoms with Crippen molar-refractivity contribution in [1.82, 2.24) is 10.2 Å². The highest BCUT2D eigenvalue weighted by Crippen LogP contribution is 2.26. The van der Waals surface area contributed by atoms with Crippen LogP contribution in [0.25, 0.3) is 0 Å². The van der Waals surface area contributed by atoms with E-state index in [2.05, 4.69) is 24.1 Å². The first kappa shape index (κ1) is 25.8. The molecule has 0 bridgehead atoms. The lowest BCUT2D eigenvalue weighted by Crippen LogP contribution is -2.41. The molecule has 1 saturated heterocycles. The van der Waals surface area contributed by atoms with Crippen molar-refractivity contribution in [2.45, 2.75) is 58.8 Å². The van der Waals surface area contributed by atoms with E-state index in [1.165, 1.54) is 38.5 Å². The quantitative estimate of drug-likeness (QED) is 0.548. The Morgan fingerprint density at radius 1 is 0.821 bits per heavy atom. The van der Waals surface area contributed by atoms with Crippen molar-refractivity contribution >= 4 is 0 Å². The van der Waals surface area contributed by atoms with E-state index in [4.69, 9.17) is 14.2 Å². The monoisotopic (exact) mass is 402 g/mol. The topological polar surface area (TPSA) is 63.2 Å². The summed E-state index contributed by atoms with van der Waals surface area (Å²) in [7, 11) is 0. The molecule has 6 nitrogen and oxygen atoms in total. The average Bonchev–Trinajstić information content (AvgIpc) is 2.71. The number of aliphatic hydroxyl groups excluding tert-OH is 1. The molecule has 0 radical (unpaired) electrons. The van der Waals surface area contributed by atoms with Gasteiger partial charge in [-0.15, -0.1) is 0 Å². The van der Waals surface area contributed by atoms with Crippen LogP contribution in [0.15, 0.2) is 0 Å². The van der Waals surface area contributed by atoms with Gasteiger partial charge in [0.25, 0.3) is 0 Å². The molecular formula is C22H46N2O4. The summed E-state index contributed by atoms with van der Waals surface area (Å²) in [6.07, 6.45) is 8.83. The Bertz CT molecular complexity index is 330. The summed E-state index contributed by atoms with van der Waals surface area (Å²) in [5, 5.41) is 13.4. The molecular weight excluding hydrogens is 356 g/mol. The molecule has 1 atom stereocenters. The molecule has 6 heteroatoms. The number of hydrogen-bond donors (Lipinski definition) is 2. The Kier molecular flexibility index (Phi) is 16.2. The lowest BCUT2D eigenvalue weighted by Gasteiger charge is -2.34. The van der Waals surface area contributed by atoms with Gasteiger partial charge >= 0.3 is 0 Å². The normalized spacial score (nSPS) is 21.5. The first-order valence-electron chi connectivity index (χ1n) is 11.5. The van der Waals surface area contributed by atoms with Gasteiger partial charge in [-0.3, -0.25) is 4.90 Å². The van der Waals surface area contributed by atoms with Crippen molar-refractivity contribution in [1.29, 1.82) is 0 Å². The number of ether oxygens (including phenoxy) is 3. The Hall–Kier alpha value is -0.240. The number of nitrogens with zero attached hydrogens (tertiary/aromatic N) is 1. The van der Waals surface area contributed by atoms with Gasteiger partial charge in [0.05, 0.1) is 39.6 Å². The van der Waals surface area contributed by atoms with Crippen LogP contribution in [0.5, 0.6) is 0 Å². The largest absolute Gasteiger partial charge is 0.396 e. The highest BCUT2D eigenvalue weighted by molar-refractivity contribution is 4.78. The molecule has 0 amide bonds. The molecule has 1 heterocycles. The third-order valence-electron chi connectivity index (χ3n) is 5.44. The fraction of sp³-hybridized carbons (Fsp3) is 1.00. The second kappa shape index (κ2) is 17.6. The van der Waals surface area contributed by atoms with Crippen LogP contribution in [0.2, 0.25) is 0 Å². The summed E-state index contributed by atoms with van der Waals surface area (Å²) in [6, 6.07) is 0. The summed E-state index contributed by atoms with van der Waals surface area (Å²) in [5.74, 6) is 0. The maximum absolute atomic E-state index is 10.1. The maximum atomic E-state index is 10.1. The summed E-state index contributed by atoms with van der Waals surface area (Å²) < 4.78 is 17.0. The van der Waals surface area contributed by atoms with Crippen molar-refractivity contribution in [3.05, 3.63) is 0 Å². The Balaban J connectivity index is 2.40. The second-order valence-electron chi connectivity index (χ2n) is 8.35. The van der Waals surface area contributed by atoms with Gasteiger partial charge in [-0.1, -0.05) is 52.4 Å². The molecule has 168 valence electrons. The van der Waals surface area contributed by atoms with Crippen LogP contribution in [0, 0.1) is 5.41 Å². The highest BCUT2D eigenvalue weighted by atomic mass is 16.5. The molecule has 2 N–H and O–H groups in total. The average molecular weight is 403 g/mol. The van der Waals surface area contributed by atoms with Gasteiger partial charge in [-0.25, -0.2) is 0 Å². The van der Waals surface area contributed by atoms with Crippen LogP contribution in [-0.4, -0.2) is 89.0 Å². The van der Waals surface area contributed by atoms with E-state index in [0.29, 0.717) is 26.4 Å². The van der Waals surface area contributed by atoms with Gasteiger partial charge in [0.1, 0.15) is 0 Å². The lowest BCUT2D eigenvalue weighted by molar-refractivity contribution is 0.0206. The molecule has 0 aliphatic carbocycles. The molecule has 0 spiro atoms. The third-order valence-corrected chi connectivity index (χ3v) is 5.44. The molecule has 0 saturated carbocycles. The van der Waals surface area contributed by atoms with Gasteiger partial charge in [0.2, 0.25) is 0 Å². The van der Waals surface area contributed by atoms with Crippen molar-refractivity contribution in [3.8, 4) is 0 Å². The summed E-state index contributed by atoms with van der Waals surface area (Å²) in [5.41, 5.74) is -0.0572. The van der Waals surface area contributed by atoms with Gasteiger partial charge in [-0.2, -0.15) is 0 Å². The number of aliphatic hydroxyl groups is 1. The molecule has 1 aliphatic rings. The van der Waals surface area contributed by atoms with E-state index in [1.807, 2.05) is 0 Å². The van der Waals surface area contributed by atoms with E-state index in [-0.39, 0.29) is 12.0 Å². The van der Waals surface area contributed by atoms with Crippen LogP contribution in [0.1, 0.15) is 58.8 Å². The summed E-state index contributed by atoms with van der Waals surface area (Å²) >= 11 is 0. The fourth-order valence-electron chi connectivity index (χ4n) is 3.57. The van der Waals surface area contributed by atoms with Gasteiger partial charge in [-0.05, 0) is 6.42 Å². The first-order valence-corrected chi connectivity index (χ1v) is 11.5. The van der Waals surface area contributed by atoms with E-state index in [1.54, 1.807) is 0 Å². The Morgan fingerprint density at radius 2 is 1.39 bits per heavy atom. The van der Waals surface area contributed by atoms with E-state index >= 15 is 0 Å². The number of hydrogen-bond acceptors (Lipinski definition) is 6. The summed E-state index contributed by atoms with van der Waals surface area (Å²) in [6.45, 7) is 13.2. The standard InChI is InChI=1S/C22H46N2O4/c1-3-4-5-6-7-8-9-22(2,21-25)20-24-12-16-26-14-10-23-11-15-27-18-19-28-17-13-24/h23,25H,3-21H2,1-2H3. The molecule has 28 heavy (non-hydrogen) atoms. The minimum Gasteiger partial charge on any atom is -0.396 e. The van der Waals surface area contributed by atoms with E-state index in [9.17, 15) is 5.11 Å². The van der Waals surface area contributed by atoms with Gasteiger partial charge < -0.3 is 24.6 Å². The molecule has 0 aromatic rings. The highest BCUT2D eigenvalue weighted by Gasteiger charge is 2.26. The minimum atomic E-state index is -0.0572. The van der Waals surface area contributed by atoms with Gasteiger partial charge in [0.15, 0.2) is 0 Å². The molecule has 1 fully saturated rings. The number of nitrogens with one attached hydrogen (secondary N) is 1. The van der Waals surface area contributed by atoms with Crippen molar-refractivity contribution in [3.63, 3.8) is 0 Å². The van der Waals surface area contributed by atoms with Crippen LogP contribution >= 0.6 is 0 Å².